The molecule has 0 fully saturated rings. The first-order chi connectivity index (χ1) is 11.0. The second kappa shape index (κ2) is 6.26. The summed E-state index contributed by atoms with van der Waals surface area (Å²) in [5.74, 6) is -2.18. The van der Waals surface area contributed by atoms with Gasteiger partial charge in [0.05, 0.1) is 0 Å². The molecule has 0 radical (unpaired) electrons. The average Bonchev–Trinajstić information content (AvgIpc) is 2.98. The molecule has 0 aliphatic carbocycles. The maximum atomic E-state index is 13.6. The number of halogens is 2. The molecular formula is C17H10F2O3S. The minimum Gasteiger partial charge on any atom is -0.453 e. The summed E-state index contributed by atoms with van der Waals surface area (Å²) in [5, 5.41) is 0.334. The van der Waals surface area contributed by atoms with Crippen LogP contribution in [0.1, 0.15) is 20.0 Å². The van der Waals surface area contributed by atoms with Gasteiger partial charge < -0.3 is 4.74 Å². The van der Waals surface area contributed by atoms with Crippen molar-refractivity contribution in [3.8, 4) is 0 Å². The first kappa shape index (κ1) is 15.3. The van der Waals surface area contributed by atoms with Gasteiger partial charge in [-0.2, -0.15) is 0 Å². The highest BCUT2D eigenvalue weighted by atomic mass is 32.1. The molecule has 3 rings (SSSR count). The minimum absolute atomic E-state index is 0.125. The van der Waals surface area contributed by atoms with E-state index in [2.05, 4.69) is 0 Å². The zero-order valence-corrected chi connectivity index (χ0v) is 12.5. The summed E-state index contributed by atoms with van der Waals surface area (Å²) in [6, 6.07) is 11.1. The summed E-state index contributed by atoms with van der Waals surface area (Å²) in [6.45, 7) is -0.501. The van der Waals surface area contributed by atoms with E-state index < -0.39 is 30.0 Å². The van der Waals surface area contributed by atoms with E-state index in [0.717, 1.165) is 17.4 Å². The van der Waals surface area contributed by atoms with Crippen LogP contribution >= 0.6 is 11.3 Å². The number of thiophene rings is 1. The topological polar surface area (TPSA) is 43.4 Å². The maximum Gasteiger partial charge on any atom is 0.348 e. The quantitative estimate of drug-likeness (QED) is 0.531. The Morgan fingerprint density at radius 1 is 1.04 bits per heavy atom. The Kier molecular flexibility index (Phi) is 4.16. The molecule has 1 heterocycles. The zero-order chi connectivity index (χ0) is 16.4. The average molecular weight is 332 g/mol. The van der Waals surface area contributed by atoms with Crippen LogP contribution in [0.3, 0.4) is 0 Å². The highest BCUT2D eigenvalue weighted by Crippen LogP contribution is 2.28. The molecule has 0 aliphatic heterocycles. The first-order valence-corrected chi connectivity index (χ1v) is 7.50. The van der Waals surface area contributed by atoms with Crippen molar-refractivity contribution in [2.45, 2.75) is 0 Å². The first-order valence-electron chi connectivity index (χ1n) is 6.68. The number of hydrogen-bond donors (Lipinski definition) is 0. The van der Waals surface area contributed by atoms with Gasteiger partial charge in [-0.25, -0.2) is 13.6 Å². The molecule has 0 N–H and O–H groups in total. The number of carbonyl (C=O) groups is 2. The van der Waals surface area contributed by atoms with Crippen molar-refractivity contribution in [1.29, 1.82) is 0 Å². The summed E-state index contributed by atoms with van der Waals surface area (Å²) < 4.78 is 32.2. The van der Waals surface area contributed by atoms with Crippen molar-refractivity contribution in [3.63, 3.8) is 0 Å². The Hall–Kier alpha value is -2.60. The predicted octanol–water partition coefficient (Wildman–Crippen LogP) is 4.22. The fourth-order valence-corrected chi connectivity index (χ4v) is 3.04. The highest BCUT2D eigenvalue weighted by Gasteiger charge is 2.16. The number of carbonyl (C=O) groups excluding carboxylic acids is 2. The molecule has 116 valence electrons. The highest BCUT2D eigenvalue weighted by molar-refractivity contribution is 7.20. The second-order valence-electron chi connectivity index (χ2n) is 4.77. The van der Waals surface area contributed by atoms with Crippen LogP contribution in [-0.4, -0.2) is 18.4 Å². The van der Waals surface area contributed by atoms with Crippen LogP contribution in [0.25, 0.3) is 10.1 Å². The summed E-state index contributed by atoms with van der Waals surface area (Å²) in [5.41, 5.74) is 0.125. The molecule has 0 aliphatic rings. The monoisotopic (exact) mass is 332 g/mol. The van der Waals surface area contributed by atoms with Crippen molar-refractivity contribution in [2.75, 3.05) is 6.61 Å². The summed E-state index contributed by atoms with van der Waals surface area (Å²) in [6.07, 6.45) is 0. The lowest BCUT2D eigenvalue weighted by molar-refractivity contribution is 0.0479. The fourth-order valence-electron chi connectivity index (χ4n) is 2.07. The molecule has 0 unspecified atom stereocenters. The van der Waals surface area contributed by atoms with Gasteiger partial charge in [0.25, 0.3) is 0 Å². The van der Waals surface area contributed by atoms with Gasteiger partial charge in [-0.1, -0.05) is 18.2 Å². The van der Waals surface area contributed by atoms with E-state index in [1.54, 1.807) is 12.1 Å². The standard InChI is InChI=1S/C17H10F2O3S/c18-11-4-1-3-10(7-11)14(20)9-22-17(21)16-8-12-13(19)5-2-6-15(12)23-16/h1-8H,9H2. The lowest BCUT2D eigenvalue weighted by Crippen LogP contribution is -2.13. The molecular weight excluding hydrogens is 322 g/mol. The molecule has 3 nitrogen and oxygen atoms in total. The normalized spacial score (nSPS) is 10.7. The van der Waals surface area contributed by atoms with Gasteiger partial charge in [0.1, 0.15) is 16.5 Å². The van der Waals surface area contributed by atoms with Crippen LogP contribution in [0.5, 0.6) is 0 Å². The lowest BCUT2D eigenvalue weighted by atomic mass is 10.1. The molecule has 2 aromatic carbocycles. The molecule has 23 heavy (non-hydrogen) atoms. The summed E-state index contributed by atoms with van der Waals surface area (Å²) in [4.78, 5) is 24.0. The molecule has 6 heteroatoms. The van der Waals surface area contributed by atoms with Gasteiger partial charge in [0.2, 0.25) is 0 Å². The van der Waals surface area contributed by atoms with Crippen molar-refractivity contribution < 1.29 is 23.1 Å². The Balaban J connectivity index is 1.71. The minimum atomic E-state index is -0.713. The van der Waals surface area contributed by atoms with E-state index in [0.29, 0.717) is 10.1 Å². The number of ether oxygens (including phenoxy) is 1. The molecule has 0 atom stereocenters. The van der Waals surface area contributed by atoms with Crippen LogP contribution < -0.4 is 0 Å². The SMILES string of the molecule is O=C(COC(=O)c1cc2c(F)cccc2s1)c1cccc(F)c1. The number of Topliss-reactive ketones (excluding diaryl/α,β-unsaturated/α-hetero) is 1. The van der Waals surface area contributed by atoms with Gasteiger partial charge in [0, 0.05) is 15.6 Å². The Morgan fingerprint density at radius 2 is 1.83 bits per heavy atom. The molecule has 0 bridgehead atoms. The van der Waals surface area contributed by atoms with Gasteiger partial charge in [-0.05, 0) is 30.3 Å². The van der Waals surface area contributed by atoms with Gasteiger partial charge in [-0.15, -0.1) is 11.3 Å². The van der Waals surface area contributed by atoms with E-state index in [9.17, 15) is 18.4 Å². The van der Waals surface area contributed by atoms with Crippen molar-refractivity contribution in [3.05, 3.63) is 70.6 Å². The summed E-state index contributed by atoms with van der Waals surface area (Å²) in [7, 11) is 0. The van der Waals surface area contributed by atoms with Crippen LogP contribution in [0.15, 0.2) is 48.5 Å². The van der Waals surface area contributed by atoms with Crippen molar-refractivity contribution in [1.82, 2.24) is 0 Å². The third kappa shape index (κ3) is 3.27. The molecule has 0 spiro atoms. The third-order valence-electron chi connectivity index (χ3n) is 3.19. The van der Waals surface area contributed by atoms with Crippen LogP contribution in [0.2, 0.25) is 0 Å². The fraction of sp³-hybridized carbons (Fsp3) is 0.0588. The Morgan fingerprint density at radius 3 is 2.57 bits per heavy atom. The largest absolute Gasteiger partial charge is 0.453 e. The molecule has 1 aromatic heterocycles. The van der Waals surface area contributed by atoms with Crippen LogP contribution in [0.4, 0.5) is 8.78 Å². The lowest BCUT2D eigenvalue weighted by Gasteiger charge is -2.03. The molecule has 3 aromatic rings. The number of fused-ring (bicyclic) bond motifs is 1. The van der Waals surface area contributed by atoms with E-state index in [4.69, 9.17) is 4.74 Å². The third-order valence-corrected chi connectivity index (χ3v) is 4.27. The Bertz CT molecular complexity index is 902. The zero-order valence-electron chi connectivity index (χ0n) is 11.7. The number of rotatable bonds is 4. The van der Waals surface area contributed by atoms with E-state index >= 15 is 0 Å². The second-order valence-corrected chi connectivity index (χ2v) is 5.86. The van der Waals surface area contributed by atoms with Crippen molar-refractivity contribution >= 4 is 33.2 Å². The molecule has 0 saturated heterocycles. The van der Waals surface area contributed by atoms with Crippen LogP contribution in [-0.2, 0) is 4.74 Å². The predicted molar refractivity (Wildman–Crippen MR) is 82.8 cm³/mol. The number of hydrogen-bond acceptors (Lipinski definition) is 4. The molecule has 0 amide bonds. The van der Waals surface area contributed by atoms with Gasteiger partial charge in [-0.3, -0.25) is 4.79 Å². The number of ketones is 1. The maximum absolute atomic E-state index is 13.6. The van der Waals surface area contributed by atoms with E-state index in [1.807, 2.05) is 0 Å². The smallest absolute Gasteiger partial charge is 0.348 e. The summed E-state index contributed by atoms with van der Waals surface area (Å²) >= 11 is 1.08. The van der Waals surface area contributed by atoms with E-state index in [-0.39, 0.29) is 10.4 Å². The molecule has 0 saturated carbocycles. The van der Waals surface area contributed by atoms with Crippen molar-refractivity contribution in [2.24, 2.45) is 0 Å². The van der Waals surface area contributed by atoms with Gasteiger partial charge in [0.15, 0.2) is 12.4 Å². The number of esters is 1. The van der Waals surface area contributed by atoms with Crippen LogP contribution in [0, 0.1) is 11.6 Å². The van der Waals surface area contributed by atoms with Gasteiger partial charge >= 0.3 is 5.97 Å². The van der Waals surface area contributed by atoms with E-state index in [1.165, 1.54) is 30.3 Å². The number of benzene rings is 2. The Labute approximate surface area is 134 Å².